The number of H-pyrrole nitrogens is 1. The molecule has 0 spiro atoms. The van der Waals surface area contributed by atoms with Crippen molar-refractivity contribution < 1.29 is 9.21 Å². The van der Waals surface area contributed by atoms with Crippen LogP contribution in [0, 0.1) is 0 Å². The number of rotatable bonds is 6. The second-order valence-electron chi connectivity index (χ2n) is 6.90. The number of carbonyl (C=O) groups is 1. The Balaban J connectivity index is 1.18. The monoisotopic (exact) mass is 461 g/mol. The fourth-order valence-electron chi connectivity index (χ4n) is 3.10. The van der Waals surface area contributed by atoms with E-state index in [1.54, 1.807) is 24.3 Å². The van der Waals surface area contributed by atoms with Gasteiger partial charge in [0.2, 0.25) is 11.8 Å². The SMILES string of the molecule is O=C(CSc1nnc(-c2ccc(Cl)cc2)o1)Nc1ccc(-c2nc3ccccc3[nH]2)cc1. The van der Waals surface area contributed by atoms with E-state index in [1.165, 1.54) is 11.8 Å². The second kappa shape index (κ2) is 8.86. The molecule has 0 saturated heterocycles. The highest BCUT2D eigenvalue weighted by molar-refractivity contribution is 7.99. The number of anilines is 1. The summed E-state index contributed by atoms with van der Waals surface area (Å²) in [7, 11) is 0. The Labute approximate surface area is 192 Å². The lowest BCUT2D eigenvalue weighted by atomic mass is 10.2. The number of aromatic amines is 1. The largest absolute Gasteiger partial charge is 0.411 e. The van der Waals surface area contributed by atoms with E-state index in [1.807, 2.05) is 48.5 Å². The first-order valence-corrected chi connectivity index (χ1v) is 11.1. The summed E-state index contributed by atoms with van der Waals surface area (Å²) in [6, 6.07) is 22.5. The highest BCUT2D eigenvalue weighted by Gasteiger charge is 2.12. The summed E-state index contributed by atoms with van der Waals surface area (Å²) in [5.41, 5.74) is 4.30. The molecule has 2 aromatic heterocycles. The van der Waals surface area contributed by atoms with Gasteiger partial charge in [0, 0.05) is 21.8 Å². The van der Waals surface area contributed by atoms with Crippen LogP contribution in [0.25, 0.3) is 33.9 Å². The smallest absolute Gasteiger partial charge is 0.277 e. The fraction of sp³-hybridized carbons (Fsp3) is 0.0435. The van der Waals surface area contributed by atoms with Gasteiger partial charge in [0.05, 0.1) is 16.8 Å². The van der Waals surface area contributed by atoms with Crippen molar-refractivity contribution in [3.8, 4) is 22.8 Å². The van der Waals surface area contributed by atoms with E-state index < -0.39 is 0 Å². The Morgan fingerprint density at radius 1 is 0.969 bits per heavy atom. The average molecular weight is 462 g/mol. The van der Waals surface area contributed by atoms with Crippen molar-refractivity contribution in [3.05, 3.63) is 77.8 Å². The van der Waals surface area contributed by atoms with E-state index in [-0.39, 0.29) is 11.7 Å². The molecule has 0 atom stereocenters. The maximum absolute atomic E-state index is 12.3. The van der Waals surface area contributed by atoms with Crippen molar-refractivity contribution in [2.45, 2.75) is 5.22 Å². The molecule has 158 valence electrons. The molecule has 5 rings (SSSR count). The number of fused-ring (bicyclic) bond motifs is 1. The van der Waals surface area contributed by atoms with Gasteiger partial charge >= 0.3 is 0 Å². The number of para-hydroxylation sites is 2. The lowest BCUT2D eigenvalue weighted by molar-refractivity contribution is -0.113. The Hall–Kier alpha value is -3.62. The molecule has 0 radical (unpaired) electrons. The van der Waals surface area contributed by atoms with Crippen LogP contribution in [0.5, 0.6) is 0 Å². The minimum atomic E-state index is -0.169. The minimum absolute atomic E-state index is 0.146. The van der Waals surface area contributed by atoms with E-state index >= 15 is 0 Å². The van der Waals surface area contributed by atoms with Crippen LogP contribution in [-0.4, -0.2) is 31.8 Å². The first kappa shape index (κ1) is 20.3. The van der Waals surface area contributed by atoms with Gasteiger partial charge in [-0.3, -0.25) is 4.79 Å². The maximum atomic E-state index is 12.3. The molecule has 0 bridgehead atoms. The third kappa shape index (κ3) is 4.51. The van der Waals surface area contributed by atoms with Gasteiger partial charge < -0.3 is 14.7 Å². The van der Waals surface area contributed by atoms with Crippen molar-refractivity contribution in [1.82, 2.24) is 20.2 Å². The van der Waals surface area contributed by atoms with Gasteiger partial charge in [0.15, 0.2) is 0 Å². The highest BCUT2D eigenvalue weighted by atomic mass is 35.5. The molecule has 7 nitrogen and oxygen atoms in total. The lowest BCUT2D eigenvalue weighted by Gasteiger charge is -2.05. The summed E-state index contributed by atoms with van der Waals surface area (Å²) < 4.78 is 5.61. The van der Waals surface area contributed by atoms with Gasteiger partial charge in [-0.2, -0.15) is 0 Å². The summed E-state index contributed by atoms with van der Waals surface area (Å²) >= 11 is 7.07. The van der Waals surface area contributed by atoms with Gasteiger partial charge in [-0.1, -0.05) is 35.5 Å². The van der Waals surface area contributed by atoms with Crippen LogP contribution in [0.1, 0.15) is 0 Å². The van der Waals surface area contributed by atoms with E-state index in [2.05, 4.69) is 25.5 Å². The Bertz CT molecular complexity index is 1350. The van der Waals surface area contributed by atoms with Gasteiger partial charge in [0.25, 0.3) is 5.22 Å². The quantitative estimate of drug-likeness (QED) is 0.316. The standard InChI is InChI=1S/C23H16ClN5O2S/c24-16-9-5-15(6-10-16)22-28-29-23(31-22)32-13-20(30)25-17-11-7-14(8-12-17)21-26-18-3-1-2-4-19(18)27-21/h1-12H,13H2,(H,25,30)(H,26,27). The number of carbonyl (C=O) groups excluding carboxylic acids is 1. The number of hydrogen-bond acceptors (Lipinski definition) is 6. The van der Waals surface area contributed by atoms with Crippen LogP contribution in [0.4, 0.5) is 5.69 Å². The molecule has 0 saturated carbocycles. The number of benzene rings is 3. The van der Waals surface area contributed by atoms with E-state index in [0.29, 0.717) is 21.8 Å². The normalized spacial score (nSPS) is 11.0. The molecule has 0 aliphatic carbocycles. The Morgan fingerprint density at radius 3 is 2.50 bits per heavy atom. The predicted molar refractivity (Wildman–Crippen MR) is 126 cm³/mol. The number of nitrogens with one attached hydrogen (secondary N) is 2. The number of halogens is 1. The second-order valence-corrected chi connectivity index (χ2v) is 8.26. The van der Waals surface area contributed by atoms with Crippen LogP contribution in [0.2, 0.25) is 5.02 Å². The molecule has 0 fully saturated rings. The van der Waals surface area contributed by atoms with E-state index in [0.717, 1.165) is 28.0 Å². The number of aromatic nitrogens is 4. The van der Waals surface area contributed by atoms with Gasteiger partial charge in [0.1, 0.15) is 5.82 Å². The van der Waals surface area contributed by atoms with Crippen molar-refractivity contribution in [1.29, 1.82) is 0 Å². The first-order valence-electron chi connectivity index (χ1n) is 9.71. The molecule has 2 heterocycles. The highest BCUT2D eigenvalue weighted by Crippen LogP contribution is 2.25. The Kier molecular flexibility index (Phi) is 5.62. The van der Waals surface area contributed by atoms with Crippen molar-refractivity contribution >= 4 is 46.0 Å². The van der Waals surface area contributed by atoms with Gasteiger partial charge in [-0.15, -0.1) is 10.2 Å². The predicted octanol–water partition coefficient (Wildman–Crippen LogP) is 5.66. The number of thioether (sulfide) groups is 1. The average Bonchev–Trinajstić information content (AvgIpc) is 3.46. The first-order chi connectivity index (χ1) is 15.6. The molecular formula is C23H16ClN5O2S. The summed E-state index contributed by atoms with van der Waals surface area (Å²) in [5, 5.41) is 11.8. The summed E-state index contributed by atoms with van der Waals surface area (Å²) in [6.07, 6.45) is 0. The molecule has 0 aliphatic rings. The lowest BCUT2D eigenvalue weighted by Crippen LogP contribution is -2.13. The summed E-state index contributed by atoms with van der Waals surface area (Å²) in [6.45, 7) is 0. The van der Waals surface area contributed by atoms with Crippen LogP contribution >= 0.6 is 23.4 Å². The minimum Gasteiger partial charge on any atom is -0.411 e. The summed E-state index contributed by atoms with van der Waals surface area (Å²) in [5.74, 6) is 1.14. The Morgan fingerprint density at radius 2 is 1.72 bits per heavy atom. The number of hydrogen-bond donors (Lipinski definition) is 2. The zero-order chi connectivity index (χ0) is 21.9. The maximum Gasteiger partial charge on any atom is 0.277 e. The molecule has 5 aromatic rings. The third-order valence-electron chi connectivity index (χ3n) is 4.66. The molecule has 2 N–H and O–H groups in total. The van der Waals surface area contributed by atoms with E-state index in [9.17, 15) is 4.79 Å². The molecule has 9 heteroatoms. The zero-order valence-electron chi connectivity index (χ0n) is 16.6. The van der Waals surface area contributed by atoms with Crippen molar-refractivity contribution in [2.75, 3.05) is 11.1 Å². The van der Waals surface area contributed by atoms with Gasteiger partial charge in [-0.05, 0) is 60.7 Å². The molecule has 0 unspecified atom stereocenters. The molecule has 32 heavy (non-hydrogen) atoms. The third-order valence-corrected chi connectivity index (χ3v) is 5.73. The van der Waals surface area contributed by atoms with E-state index in [4.69, 9.17) is 16.0 Å². The fourth-order valence-corrected chi connectivity index (χ4v) is 3.79. The number of amides is 1. The molecule has 0 aliphatic heterocycles. The van der Waals surface area contributed by atoms with Gasteiger partial charge in [-0.25, -0.2) is 4.98 Å². The number of nitrogens with zero attached hydrogens (tertiary/aromatic N) is 3. The summed E-state index contributed by atoms with van der Waals surface area (Å²) in [4.78, 5) is 20.2. The van der Waals surface area contributed by atoms with Crippen LogP contribution in [0.3, 0.4) is 0 Å². The molecule has 3 aromatic carbocycles. The van der Waals surface area contributed by atoms with Crippen LogP contribution in [0.15, 0.2) is 82.4 Å². The zero-order valence-corrected chi connectivity index (χ0v) is 18.2. The van der Waals surface area contributed by atoms with Crippen LogP contribution in [-0.2, 0) is 4.79 Å². The van der Waals surface area contributed by atoms with Crippen molar-refractivity contribution in [3.63, 3.8) is 0 Å². The van der Waals surface area contributed by atoms with Crippen LogP contribution < -0.4 is 5.32 Å². The molecule has 1 amide bonds. The van der Waals surface area contributed by atoms with Crippen molar-refractivity contribution in [2.24, 2.45) is 0 Å². The topological polar surface area (TPSA) is 96.7 Å². The number of imidazole rings is 1. The molecular weight excluding hydrogens is 446 g/mol.